The summed E-state index contributed by atoms with van der Waals surface area (Å²) in [6, 6.07) is 10.3. The Labute approximate surface area is 239 Å². The molecule has 2 unspecified atom stereocenters. The minimum atomic E-state index is -4.52. The summed E-state index contributed by atoms with van der Waals surface area (Å²) < 4.78 is 39.4. The normalized spacial score (nSPS) is 19.6. The Morgan fingerprint density at radius 1 is 0.925 bits per heavy atom. The van der Waals surface area contributed by atoms with Crippen molar-refractivity contribution in [2.45, 2.75) is 68.9 Å². The minimum Gasteiger partial charge on any atom is -0.322 e. The number of nitro groups is 1. The molecule has 210 valence electrons. The summed E-state index contributed by atoms with van der Waals surface area (Å²) in [6.07, 6.45) is 3.26. The van der Waals surface area contributed by atoms with Crippen molar-refractivity contribution in [3.05, 3.63) is 96.8 Å². The standard InChI is InChI=1S/C29H26Cl2F3N3O3/c30-25-11-7-19(37(39)40)14-24(25)28(38)36-18-6-8-21(23(13-18)16-4-2-1-3-5-16)20-9-10-22(20)27-26(31)12-17(15-35-27)29(32,33)34/h6-8,11-16,20,22H,1-5,9-10H2,(H,36,38). The highest BCUT2D eigenvalue weighted by Crippen LogP contribution is 2.53. The number of carbonyl (C=O) groups excluding carboxylic acids is 1. The van der Waals surface area contributed by atoms with Crippen LogP contribution in [0.2, 0.25) is 10.0 Å². The first-order chi connectivity index (χ1) is 19.0. The van der Waals surface area contributed by atoms with Crippen molar-refractivity contribution in [1.29, 1.82) is 0 Å². The number of nitrogens with one attached hydrogen (secondary N) is 1. The van der Waals surface area contributed by atoms with Gasteiger partial charge in [-0.2, -0.15) is 13.2 Å². The summed E-state index contributed by atoms with van der Waals surface area (Å²) in [5.41, 5.74) is 2.09. The topological polar surface area (TPSA) is 85.1 Å². The summed E-state index contributed by atoms with van der Waals surface area (Å²) in [5.74, 6) is -0.353. The van der Waals surface area contributed by atoms with Crippen LogP contribution in [-0.2, 0) is 6.18 Å². The summed E-state index contributed by atoms with van der Waals surface area (Å²) >= 11 is 12.5. The molecule has 1 N–H and O–H groups in total. The van der Waals surface area contributed by atoms with E-state index in [2.05, 4.69) is 10.3 Å². The Morgan fingerprint density at radius 3 is 2.27 bits per heavy atom. The zero-order valence-electron chi connectivity index (χ0n) is 21.3. The maximum absolute atomic E-state index is 13.1. The van der Waals surface area contributed by atoms with E-state index in [0.29, 0.717) is 11.4 Å². The van der Waals surface area contributed by atoms with Gasteiger partial charge in [0, 0.05) is 29.9 Å². The smallest absolute Gasteiger partial charge is 0.322 e. The number of hydrogen-bond donors (Lipinski definition) is 1. The number of nitro benzene ring substituents is 1. The van der Waals surface area contributed by atoms with Crippen LogP contribution in [0.3, 0.4) is 0 Å². The van der Waals surface area contributed by atoms with Crippen molar-refractivity contribution in [3.8, 4) is 0 Å². The second kappa shape index (κ2) is 11.4. The maximum Gasteiger partial charge on any atom is 0.417 e. The molecule has 5 rings (SSSR count). The fourth-order valence-electron chi connectivity index (χ4n) is 5.83. The van der Waals surface area contributed by atoms with Crippen LogP contribution in [0, 0.1) is 10.1 Å². The molecule has 3 aromatic rings. The molecule has 1 aromatic heterocycles. The van der Waals surface area contributed by atoms with E-state index in [1.807, 2.05) is 12.1 Å². The van der Waals surface area contributed by atoms with Gasteiger partial charge in [0.15, 0.2) is 0 Å². The molecule has 11 heteroatoms. The van der Waals surface area contributed by atoms with E-state index in [4.69, 9.17) is 23.2 Å². The fourth-order valence-corrected chi connectivity index (χ4v) is 6.34. The number of nitrogens with zero attached hydrogens (tertiary/aromatic N) is 2. The number of rotatable bonds is 6. The molecule has 6 nitrogen and oxygen atoms in total. The highest BCUT2D eigenvalue weighted by molar-refractivity contribution is 6.34. The molecule has 40 heavy (non-hydrogen) atoms. The Morgan fingerprint density at radius 2 is 1.65 bits per heavy atom. The van der Waals surface area contributed by atoms with Crippen molar-refractivity contribution in [2.75, 3.05) is 5.32 Å². The van der Waals surface area contributed by atoms with E-state index in [0.717, 1.165) is 74.4 Å². The quantitative estimate of drug-likeness (QED) is 0.228. The van der Waals surface area contributed by atoms with Gasteiger partial charge in [-0.25, -0.2) is 0 Å². The first-order valence-corrected chi connectivity index (χ1v) is 13.9. The van der Waals surface area contributed by atoms with Gasteiger partial charge in [-0.1, -0.05) is 48.5 Å². The van der Waals surface area contributed by atoms with Gasteiger partial charge in [-0.15, -0.1) is 0 Å². The molecule has 2 atom stereocenters. The molecule has 0 bridgehead atoms. The third-order valence-corrected chi connectivity index (χ3v) is 8.65. The number of pyridine rings is 1. The molecule has 2 aromatic carbocycles. The van der Waals surface area contributed by atoms with Gasteiger partial charge in [0.05, 0.1) is 31.8 Å². The van der Waals surface area contributed by atoms with E-state index in [1.54, 1.807) is 6.07 Å². The van der Waals surface area contributed by atoms with E-state index in [1.165, 1.54) is 12.1 Å². The third kappa shape index (κ3) is 5.81. The van der Waals surface area contributed by atoms with Gasteiger partial charge in [0.25, 0.3) is 11.6 Å². The monoisotopic (exact) mass is 591 g/mol. The number of aromatic nitrogens is 1. The van der Waals surface area contributed by atoms with Crippen LogP contribution in [-0.4, -0.2) is 15.8 Å². The first kappa shape index (κ1) is 28.4. The summed E-state index contributed by atoms with van der Waals surface area (Å²) in [6.45, 7) is 0. The molecular weight excluding hydrogens is 566 g/mol. The second-order valence-corrected chi connectivity index (χ2v) is 11.2. The molecule has 1 heterocycles. The number of halogens is 5. The largest absolute Gasteiger partial charge is 0.417 e. The number of benzene rings is 2. The number of non-ortho nitro benzene ring substituents is 1. The summed E-state index contributed by atoms with van der Waals surface area (Å²) in [7, 11) is 0. The van der Waals surface area contributed by atoms with Crippen LogP contribution in [0.25, 0.3) is 0 Å². The lowest BCUT2D eigenvalue weighted by Crippen LogP contribution is -2.25. The summed E-state index contributed by atoms with van der Waals surface area (Å²) in [5, 5.41) is 14.1. The Hall–Kier alpha value is -3.17. The first-order valence-electron chi connectivity index (χ1n) is 13.1. The average Bonchev–Trinajstić information content (AvgIpc) is 2.90. The van der Waals surface area contributed by atoms with Crippen LogP contribution in [0.4, 0.5) is 24.5 Å². The van der Waals surface area contributed by atoms with Crippen molar-refractivity contribution < 1.29 is 22.9 Å². The average molecular weight is 592 g/mol. The number of carbonyl (C=O) groups is 1. The molecule has 2 aliphatic carbocycles. The summed E-state index contributed by atoms with van der Waals surface area (Å²) in [4.78, 5) is 27.8. The number of alkyl halides is 3. The van der Waals surface area contributed by atoms with Crippen molar-refractivity contribution >= 4 is 40.5 Å². The molecule has 1 amide bonds. The third-order valence-electron chi connectivity index (χ3n) is 8.02. The lowest BCUT2D eigenvalue weighted by Gasteiger charge is -2.39. The number of anilines is 1. The molecule has 0 saturated heterocycles. The van der Waals surface area contributed by atoms with E-state index in [-0.39, 0.29) is 39.0 Å². The molecule has 0 spiro atoms. The van der Waals surface area contributed by atoms with E-state index >= 15 is 0 Å². The molecular formula is C29H26Cl2F3N3O3. The van der Waals surface area contributed by atoms with Crippen LogP contribution in [0.1, 0.15) is 95.4 Å². The lowest BCUT2D eigenvalue weighted by atomic mass is 9.65. The fraction of sp³-hybridized carbons (Fsp3) is 0.379. The minimum absolute atomic E-state index is 0.00114. The predicted molar refractivity (Wildman–Crippen MR) is 147 cm³/mol. The Bertz CT molecular complexity index is 1460. The molecule has 0 radical (unpaired) electrons. The predicted octanol–water partition coefficient (Wildman–Crippen LogP) is 9.28. The molecule has 0 aliphatic heterocycles. The molecule has 2 aliphatic rings. The SMILES string of the molecule is O=C(Nc1ccc(C2CCC2c2ncc(C(F)(F)F)cc2Cl)c(C2CCCCC2)c1)c1cc([N+](=O)[O-])ccc1Cl. The van der Waals surface area contributed by atoms with E-state index in [9.17, 15) is 28.1 Å². The van der Waals surface area contributed by atoms with Crippen molar-refractivity contribution in [3.63, 3.8) is 0 Å². The zero-order chi connectivity index (χ0) is 28.6. The highest BCUT2D eigenvalue weighted by atomic mass is 35.5. The van der Waals surface area contributed by atoms with Crippen LogP contribution in [0.15, 0.2) is 48.7 Å². The maximum atomic E-state index is 13.1. The number of hydrogen-bond acceptors (Lipinski definition) is 4. The Kier molecular flexibility index (Phi) is 8.06. The molecule has 2 fully saturated rings. The van der Waals surface area contributed by atoms with Crippen LogP contribution >= 0.6 is 23.2 Å². The van der Waals surface area contributed by atoms with Gasteiger partial charge in [0.2, 0.25) is 0 Å². The van der Waals surface area contributed by atoms with Gasteiger partial charge in [-0.05, 0) is 72.9 Å². The second-order valence-electron chi connectivity index (χ2n) is 10.4. The van der Waals surface area contributed by atoms with Gasteiger partial charge in [-0.3, -0.25) is 19.9 Å². The van der Waals surface area contributed by atoms with Crippen molar-refractivity contribution in [1.82, 2.24) is 4.98 Å². The van der Waals surface area contributed by atoms with E-state index < -0.39 is 22.6 Å². The number of amides is 1. The molecule has 2 saturated carbocycles. The van der Waals surface area contributed by atoms with Crippen molar-refractivity contribution in [2.24, 2.45) is 0 Å². The van der Waals surface area contributed by atoms with Crippen LogP contribution in [0.5, 0.6) is 0 Å². The van der Waals surface area contributed by atoms with Gasteiger partial charge < -0.3 is 5.32 Å². The van der Waals surface area contributed by atoms with Gasteiger partial charge >= 0.3 is 6.18 Å². The lowest BCUT2D eigenvalue weighted by molar-refractivity contribution is -0.384. The van der Waals surface area contributed by atoms with Gasteiger partial charge in [0.1, 0.15) is 0 Å². The Balaban J connectivity index is 1.45. The zero-order valence-corrected chi connectivity index (χ0v) is 22.8. The highest BCUT2D eigenvalue weighted by Gasteiger charge is 2.39. The van der Waals surface area contributed by atoms with Crippen LogP contribution < -0.4 is 5.32 Å².